The average molecular weight is 451 g/mol. The third-order valence-electron chi connectivity index (χ3n) is 6.81. The van der Waals surface area contributed by atoms with Gasteiger partial charge in [-0.05, 0) is 18.8 Å². The van der Waals surface area contributed by atoms with E-state index in [9.17, 15) is 13.2 Å². The van der Waals surface area contributed by atoms with Crippen molar-refractivity contribution in [2.45, 2.75) is 50.0 Å². The second-order valence-electron chi connectivity index (χ2n) is 8.25. The van der Waals surface area contributed by atoms with Gasteiger partial charge in [0.05, 0.1) is 18.6 Å². The summed E-state index contributed by atoms with van der Waals surface area (Å²) in [5.41, 5.74) is -2.85. The van der Waals surface area contributed by atoms with Gasteiger partial charge >= 0.3 is 5.97 Å². The Kier molecular flexibility index (Phi) is 4.99. The van der Waals surface area contributed by atoms with Gasteiger partial charge in [-0.1, -0.05) is 12.8 Å². The van der Waals surface area contributed by atoms with E-state index in [-0.39, 0.29) is 12.9 Å². The lowest BCUT2D eigenvalue weighted by Crippen LogP contribution is -2.63. The van der Waals surface area contributed by atoms with Gasteiger partial charge in [-0.3, -0.25) is 8.98 Å². The Morgan fingerprint density at radius 1 is 1.34 bits per heavy atom. The lowest BCUT2D eigenvalue weighted by Gasteiger charge is -2.50. The van der Waals surface area contributed by atoms with Crippen LogP contribution in [0.3, 0.4) is 0 Å². The predicted molar refractivity (Wildman–Crippen MR) is 97.9 cm³/mol. The fourth-order valence-electron chi connectivity index (χ4n) is 5.29. The van der Waals surface area contributed by atoms with Gasteiger partial charge in [0.15, 0.2) is 5.60 Å². The third kappa shape index (κ3) is 2.86. The molecule has 29 heavy (non-hydrogen) atoms. The minimum atomic E-state index is -3.98. The molecule has 0 radical (unpaired) electrons. The van der Waals surface area contributed by atoms with Crippen molar-refractivity contribution in [3.05, 3.63) is 0 Å². The van der Waals surface area contributed by atoms with Gasteiger partial charge in [-0.25, -0.2) is 0 Å². The lowest BCUT2D eigenvalue weighted by atomic mass is 9.52. The molecule has 4 rings (SSSR count). The van der Waals surface area contributed by atoms with Crippen molar-refractivity contribution in [1.29, 1.82) is 0 Å². The van der Waals surface area contributed by atoms with Crippen molar-refractivity contribution in [1.82, 2.24) is 0 Å². The van der Waals surface area contributed by atoms with Crippen LogP contribution in [0, 0.1) is 29.6 Å². The maximum atomic E-state index is 12.9. The van der Waals surface area contributed by atoms with E-state index >= 15 is 0 Å². The first-order valence-electron chi connectivity index (χ1n) is 9.16. The summed E-state index contributed by atoms with van der Waals surface area (Å²) in [7, 11) is -2.51. The summed E-state index contributed by atoms with van der Waals surface area (Å²) in [6.45, 7) is 3.23. The highest BCUT2D eigenvalue weighted by atomic mass is 35.5. The molecule has 0 amide bonds. The smallest absolute Gasteiger partial charge is 0.314 e. The van der Waals surface area contributed by atoms with Gasteiger partial charge in [-0.15, -0.1) is 18.0 Å². The van der Waals surface area contributed by atoms with Crippen molar-refractivity contribution >= 4 is 27.7 Å². The molecule has 4 aliphatic rings. The first-order chi connectivity index (χ1) is 13.6. The standard InChI is InChI=1S/C18H23ClO9S/c1-5-18-13-12(24-9-23-4)15(28-18)26-14(20)10(7-25-29(21,22)8-19)16(13,2)6-11-17(18,3)27-11/h1,10-13,15H,6-9H2,2-4H3. The molecule has 0 aromatic rings. The number of terminal acetylenes is 1. The van der Waals surface area contributed by atoms with Crippen molar-refractivity contribution < 1.29 is 41.1 Å². The number of hydrogen-bond acceptors (Lipinski definition) is 9. The Hall–Kier alpha value is -0.930. The number of epoxide rings is 1. The van der Waals surface area contributed by atoms with Crippen LogP contribution in [0.4, 0.5) is 0 Å². The van der Waals surface area contributed by atoms with E-state index in [0.29, 0.717) is 6.42 Å². The van der Waals surface area contributed by atoms with E-state index in [4.69, 9.17) is 45.9 Å². The van der Waals surface area contributed by atoms with Crippen molar-refractivity contribution in [3.8, 4) is 12.3 Å². The number of esters is 1. The summed E-state index contributed by atoms with van der Waals surface area (Å²) >= 11 is 5.43. The Labute approximate surface area is 174 Å². The Morgan fingerprint density at radius 3 is 2.69 bits per heavy atom. The zero-order valence-corrected chi connectivity index (χ0v) is 17.8. The molecule has 0 N–H and O–H groups in total. The van der Waals surface area contributed by atoms with Gasteiger partial charge in [0, 0.05) is 13.0 Å². The Balaban J connectivity index is 1.78. The maximum Gasteiger partial charge on any atom is 0.314 e. The molecule has 9 nitrogen and oxygen atoms in total. The molecule has 0 aromatic heterocycles. The Morgan fingerprint density at radius 2 is 2.07 bits per heavy atom. The van der Waals surface area contributed by atoms with Crippen LogP contribution in [0.15, 0.2) is 0 Å². The Bertz CT molecular complexity index is 856. The molecule has 162 valence electrons. The number of alkyl halides is 1. The summed E-state index contributed by atoms with van der Waals surface area (Å²) in [5, 5.41) is -0.724. The van der Waals surface area contributed by atoms with Crippen LogP contribution in [0.1, 0.15) is 20.3 Å². The quantitative estimate of drug-likeness (QED) is 0.137. The summed E-state index contributed by atoms with van der Waals surface area (Å²) in [6.07, 6.45) is 4.35. The van der Waals surface area contributed by atoms with Crippen LogP contribution in [0.2, 0.25) is 0 Å². The number of halogens is 1. The highest BCUT2D eigenvalue weighted by Gasteiger charge is 2.83. The molecule has 2 bridgehead atoms. The topological polar surface area (TPSA) is 110 Å². The van der Waals surface area contributed by atoms with Gasteiger partial charge < -0.3 is 23.7 Å². The highest BCUT2D eigenvalue weighted by molar-refractivity contribution is 7.87. The van der Waals surface area contributed by atoms with Crippen molar-refractivity contribution in [2.24, 2.45) is 17.3 Å². The molecule has 4 fully saturated rings. The van der Waals surface area contributed by atoms with Gasteiger partial charge in [-0.2, -0.15) is 8.42 Å². The molecule has 1 saturated carbocycles. The molecule has 8 atom stereocenters. The SMILES string of the molecule is C#CC12OC3OC(=O)C(COS(=O)(=O)CCl)C(C)(CC4OC41C)C2C3OCOC. The molecular formula is C18H23ClO9S. The van der Waals surface area contributed by atoms with E-state index in [1.165, 1.54) is 7.11 Å². The molecule has 1 aliphatic carbocycles. The van der Waals surface area contributed by atoms with Gasteiger partial charge in [0.1, 0.15) is 23.7 Å². The highest BCUT2D eigenvalue weighted by Crippen LogP contribution is 2.69. The predicted octanol–water partition coefficient (Wildman–Crippen LogP) is 0.603. The zero-order valence-electron chi connectivity index (χ0n) is 16.3. The monoisotopic (exact) mass is 450 g/mol. The first-order valence-corrected chi connectivity index (χ1v) is 11.3. The molecule has 0 spiro atoms. The second-order valence-corrected chi connectivity index (χ2v) is 10.5. The van der Waals surface area contributed by atoms with Crippen LogP contribution < -0.4 is 0 Å². The summed E-state index contributed by atoms with van der Waals surface area (Å²) in [6, 6.07) is 0. The normalized spacial score (nSPS) is 47.7. The van der Waals surface area contributed by atoms with Crippen LogP contribution in [0.25, 0.3) is 0 Å². The minimum Gasteiger partial charge on any atom is -0.432 e. The molecule has 3 heterocycles. The van der Waals surface area contributed by atoms with Crippen LogP contribution in [-0.2, 0) is 42.8 Å². The van der Waals surface area contributed by atoms with E-state index in [0.717, 1.165) is 0 Å². The molecule has 3 aliphatic heterocycles. The van der Waals surface area contributed by atoms with Crippen molar-refractivity contribution in [3.63, 3.8) is 0 Å². The number of carbonyl (C=O) groups excluding carboxylic acids is 1. The van der Waals surface area contributed by atoms with E-state index < -0.39 is 68.8 Å². The second kappa shape index (κ2) is 6.79. The fourth-order valence-corrected chi connectivity index (χ4v) is 5.89. The van der Waals surface area contributed by atoms with Crippen LogP contribution >= 0.6 is 11.6 Å². The molecule has 8 unspecified atom stereocenters. The van der Waals surface area contributed by atoms with Gasteiger partial charge in [0.2, 0.25) is 6.29 Å². The average Bonchev–Trinajstić information content (AvgIpc) is 3.22. The van der Waals surface area contributed by atoms with Gasteiger partial charge in [0.25, 0.3) is 10.1 Å². The number of carbonyl (C=O) groups is 1. The van der Waals surface area contributed by atoms with Crippen molar-refractivity contribution in [2.75, 3.05) is 25.7 Å². The molecule has 3 saturated heterocycles. The van der Waals surface area contributed by atoms with E-state index in [2.05, 4.69) is 5.92 Å². The number of rotatable bonds is 7. The fraction of sp³-hybridized carbons (Fsp3) is 0.833. The zero-order chi connectivity index (χ0) is 21.2. The van der Waals surface area contributed by atoms with Crippen LogP contribution in [0.5, 0.6) is 0 Å². The third-order valence-corrected chi connectivity index (χ3v) is 8.37. The molecule has 11 heteroatoms. The lowest BCUT2D eigenvalue weighted by molar-refractivity contribution is -0.220. The number of fused-ring (bicyclic) bond motifs is 3. The number of ether oxygens (including phenoxy) is 5. The van der Waals surface area contributed by atoms with Crippen LogP contribution in [-0.4, -0.2) is 69.8 Å². The summed E-state index contributed by atoms with van der Waals surface area (Å²) < 4.78 is 57.1. The maximum absolute atomic E-state index is 12.9. The number of hydrogen-bond donors (Lipinski definition) is 0. The summed E-state index contributed by atoms with van der Waals surface area (Å²) in [4.78, 5) is 12.9. The summed E-state index contributed by atoms with van der Waals surface area (Å²) in [5.74, 6) is 0.642. The first kappa shape index (κ1) is 21.3. The number of methoxy groups -OCH3 is 1. The molecular weight excluding hydrogens is 428 g/mol. The van der Waals surface area contributed by atoms with E-state index in [1.807, 2.05) is 13.8 Å². The largest absolute Gasteiger partial charge is 0.432 e. The minimum absolute atomic E-state index is 0.0574. The van der Waals surface area contributed by atoms with E-state index in [1.54, 1.807) is 0 Å². The molecule has 0 aromatic carbocycles.